The van der Waals surface area contributed by atoms with E-state index in [1.807, 2.05) is 32.0 Å². The number of methoxy groups -OCH3 is 1. The van der Waals surface area contributed by atoms with Crippen LogP contribution in [0.4, 0.5) is 10.5 Å². The summed E-state index contributed by atoms with van der Waals surface area (Å²) in [6.45, 7) is 4.05. The van der Waals surface area contributed by atoms with Gasteiger partial charge in [0.1, 0.15) is 22.8 Å². The molecule has 1 saturated carbocycles. The molecule has 1 aliphatic carbocycles. The Balaban J connectivity index is 1.45. The summed E-state index contributed by atoms with van der Waals surface area (Å²) < 4.78 is 40.9. The smallest absolute Gasteiger partial charge is 0.415 e. The molecule has 10 heteroatoms. The Hall–Kier alpha value is -3.43. The number of benzene rings is 1. The standard InChI is InChI=1S/C28H30ClN5O4/c1-16-26(17(2)38-32-16)18-4-10-23-22(14-18)31-27(33(23)19-5-8-21(36-3)9-6-19)24-12-13-37-28(35)34(24)20-7-11-25(29)30-15-20/h4,7,10-11,14-15,19,21,24H,5-6,8-9,12-13H2,1-3H3/t19?,21?,24-/m0/s1/i3D3. The summed E-state index contributed by atoms with van der Waals surface area (Å²) in [6, 6.07) is 9.13. The number of halogens is 1. The maximum Gasteiger partial charge on any atom is 0.415 e. The van der Waals surface area contributed by atoms with Gasteiger partial charge in [0, 0.05) is 25.1 Å². The van der Waals surface area contributed by atoms with Gasteiger partial charge < -0.3 is 18.6 Å². The molecule has 0 N–H and O–H groups in total. The molecule has 4 heterocycles. The summed E-state index contributed by atoms with van der Waals surface area (Å²) in [4.78, 5) is 24.1. The minimum Gasteiger partial charge on any atom is -0.449 e. The van der Waals surface area contributed by atoms with Gasteiger partial charge in [-0.05, 0) is 69.4 Å². The first-order chi connectivity index (χ1) is 19.6. The highest BCUT2D eigenvalue weighted by molar-refractivity contribution is 6.29. The van der Waals surface area contributed by atoms with Crippen LogP contribution in [-0.4, -0.2) is 45.5 Å². The molecule has 1 amide bonds. The lowest BCUT2D eigenvalue weighted by molar-refractivity contribution is 0.0582. The van der Waals surface area contributed by atoms with Crippen LogP contribution in [0.3, 0.4) is 0 Å². The highest BCUT2D eigenvalue weighted by Crippen LogP contribution is 2.41. The van der Waals surface area contributed by atoms with Crippen LogP contribution in [0.25, 0.3) is 22.2 Å². The van der Waals surface area contributed by atoms with Crippen molar-refractivity contribution >= 4 is 34.4 Å². The number of aromatic nitrogens is 4. The first-order valence-corrected chi connectivity index (χ1v) is 13.2. The molecule has 1 aromatic carbocycles. The zero-order valence-corrected chi connectivity index (χ0v) is 21.9. The Labute approximate surface area is 229 Å². The van der Waals surface area contributed by atoms with Gasteiger partial charge in [0.15, 0.2) is 0 Å². The van der Waals surface area contributed by atoms with Crippen molar-refractivity contribution in [1.29, 1.82) is 0 Å². The molecule has 9 nitrogen and oxygen atoms in total. The first-order valence-electron chi connectivity index (χ1n) is 14.3. The van der Waals surface area contributed by atoms with E-state index in [9.17, 15) is 4.79 Å². The summed E-state index contributed by atoms with van der Waals surface area (Å²) in [5.74, 6) is 1.47. The fraction of sp³-hybridized carbons (Fsp3) is 0.429. The van der Waals surface area contributed by atoms with Gasteiger partial charge in [0.25, 0.3) is 0 Å². The SMILES string of the molecule is [2H]C([2H])([2H])OC1CCC(n2c([C@@H]3CCOC(=O)N3c3ccc(Cl)nc3)nc3cc(-c4c(C)noc4C)ccc32)CC1. The molecular formula is C28H30ClN5O4. The van der Waals surface area contributed by atoms with Crippen LogP contribution >= 0.6 is 11.6 Å². The zero-order valence-electron chi connectivity index (χ0n) is 24.2. The number of cyclic esters (lactones) is 1. The van der Waals surface area contributed by atoms with E-state index in [1.54, 1.807) is 23.2 Å². The lowest BCUT2D eigenvalue weighted by Crippen LogP contribution is -2.42. The molecule has 0 bridgehead atoms. The number of carbonyl (C=O) groups excluding carboxylic acids is 1. The normalized spacial score (nSPS) is 23.7. The molecule has 6 rings (SSSR count). The van der Waals surface area contributed by atoms with E-state index in [2.05, 4.69) is 14.7 Å². The minimum absolute atomic E-state index is 0.0412. The summed E-state index contributed by atoms with van der Waals surface area (Å²) >= 11 is 6.03. The maximum atomic E-state index is 13.1. The quantitative estimate of drug-likeness (QED) is 0.265. The summed E-state index contributed by atoms with van der Waals surface area (Å²) in [7, 11) is -2.42. The van der Waals surface area contributed by atoms with Crippen LogP contribution in [0.2, 0.25) is 5.15 Å². The second-order valence-electron chi connectivity index (χ2n) is 9.92. The topological polar surface area (TPSA) is 95.5 Å². The van der Waals surface area contributed by atoms with Crippen molar-refractivity contribution in [2.24, 2.45) is 0 Å². The van der Waals surface area contributed by atoms with Crippen LogP contribution in [0, 0.1) is 13.8 Å². The molecule has 1 aliphatic heterocycles. The van der Waals surface area contributed by atoms with Crippen molar-refractivity contribution in [3.05, 3.63) is 59.0 Å². The number of hydrogen-bond donors (Lipinski definition) is 0. The highest BCUT2D eigenvalue weighted by Gasteiger charge is 2.37. The third-order valence-electron chi connectivity index (χ3n) is 7.63. The van der Waals surface area contributed by atoms with E-state index in [4.69, 9.17) is 34.7 Å². The number of ether oxygens (including phenoxy) is 2. The monoisotopic (exact) mass is 538 g/mol. The lowest BCUT2D eigenvalue weighted by atomic mass is 9.92. The number of rotatable bonds is 5. The van der Waals surface area contributed by atoms with Crippen molar-refractivity contribution in [2.45, 2.75) is 64.1 Å². The van der Waals surface area contributed by atoms with Gasteiger partial charge in [-0.15, -0.1) is 0 Å². The Morgan fingerprint density at radius 3 is 2.68 bits per heavy atom. The Bertz CT molecular complexity index is 1560. The first kappa shape index (κ1) is 21.5. The second kappa shape index (κ2) is 10.0. The van der Waals surface area contributed by atoms with Crippen molar-refractivity contribution in [1.82, 2.24) is 19.7 Å². The van der Waals surface area contributed by atoms with Crippen LogP contribution in [0.5, 0.6) is 0 Å². The van der Waals surface area contributed by atoms with Gasteiger partial charge in [0.2, 0.25) is 0 Å². The van der Waals surface area contributed by atoms with Crippen molar-refractivity contribution in [3.8, 4) is 11.1 Å². The largest absolute Gasteiger partial charge is 0.449 e. The van der Waals surface area contributed by atoms with E-state index in [0.29, 0.717) is 42.9 Å². The number of pyridine rings is 1. The maximum absolute atomic E-state index is 13.1. The molecule has 4 aromatic rings. The average molecular weight is 539 g/mol. The number of anilines is 1. The molecule has 0 unspecified atom stereocenters. The van der Waals surface area contributed by atoms with Gasteiger partial charge in [-0.2, -0.15) is 0 Å². The fourth-order valence-electron chi connectivity index (χ4n) is 5.83. The van der Waals surface area contributed by atoms with Crippen molar-refractivity contribution in [2.75, 3.05) is 18.5 Å². The number of amides is 1. The van der Waals surface area contributed by atoms with Crippen LogP contribution in [0.1, 0.15) is 65.6 Å². The Morgan fingerprint density at radius 1 is 1.13 bits per heavy atom. The van der Waals surface area contributed by atoms with Crippen LogP contribution in [-0.2, 0) is 9.47 Å². The second-order valence-corrected chi connectivity index (χ2v) is 10.3. The van der Waals surface area contributed by atoms with Crippen molar-refractivity contribution in [3.63, 3.8) is 0 Å². The third kappa shape index (κ3) is 4.33. The zero-order chi connectivity index (χ0) is 28.9. The molecule has 0 spiro atoms. The summed E-state index contributed by atoms with van der Waals surface area (Å²) in [6.07, 6.45) is 3.93. The molecular weight excluding hydrogens is 506 g/mol. The molecule has 2 aliphatic rings. The number of aryl methyl sites for hydroxylation is 2. The molecule has 2 fully saturated rings. The van der Waals surface area contributed by atoms with E-state index in [1.165, 1.54) is 0 Å². The predicted molar refractivity (Wildman–Crippen MR) is 143 cm³/mol. The van der Waals surface area contributed by atoms with Gasteiger partial charge in [-0.25, -0.2) is 14.8 Å². The van der Waals surface area contributed by atoms with E-state index < -0.39 is 19.2 Å². The van der Waals surface area contributed by atoms with Gasteiger partial charge in [-0.1, -0.05) is 22.8 Å². The van der Waals surface area contributed by atoms with E-state index in [0.717, 1.165) is 39.4 Å². The number of fused-ring (bicyclic) bond motifs is 1. The number of carbonyl (C=O) groups is 1. The molecule has 38 heavy (non-hydrogen) atoms. The lowest BCUT2D eigenvalue weighted by Gasteiger charge is -2.36. The number of imidazole rings is 1. The van der Waals surface area contributed by atoms with Gasteiger partial charge in [0.05, 0.1) is 45.4 Å². The third-order valence-corrected chi connectivity index (χ3v) is 7.85. The van der Waals surface area contributed by atoms with Gasteiger partial charge >= 0.3 is 6.09 Å². The van der Waals surface area contributed by atoms with E-state index in [-0.39, 0.29) is 18.8 Å². The van der Waals surface area contributed by atoms with Crippen LogP contribution < -0.4 is 4.90 Å². The molecule has 198 valence electrons. The van der Waals surface area contributed by atoms with Crippen LogP contribution in [0.15, 0.2) is 41.1 Å². The summed E-state index contributed by atoms with van der Waals surface area (Å²) in [5, 5.41) is 4.43. The summed E-state index contributed by atoms with van der Waals surface area (Å²) in [5.41, 5.74) is 4.96. The van der Waals surface area contributed by atoms with E-state index >= 15 is 0 Å². The Morgan fingerprint density at radius 2 is 1.97 bits per heavy atom. The number of nitrogens with zero attached hydrogens (tertiary/aromatic N) is 5. The molecule has 3 aromatic heterocycles. The molecule has 1 saturated heterocycles. The fourth-order valence-corrected chi connectivity index (χ4v) is 5.94. The Kier molecular flexibility index (Phi) is 5.68. The minimum atomic E-state index is -2.42. The van der Waals surface area contributed by atoms with Crippen molar-refractivity contribution < 1.29 is 22.9 Å². The highest BCUT2D eigenvalue weighted by atomic mass is 35.5. The predicted octanol–water partition coefficient (Wildman–Crippen LogP) is 6.57. The average Bonchev–Trinajstić information content (AvgIpc) is 3.47. The molecule has 0 radical (unpaired) electrons. The molecule has 1 atom stereocenters. The van der Waals surface area contributed by atoms with Gasteiger partial charge in [-0.3, -0.25) is 4.90 Å². The number of hydrogen-bond acceptors (Lipinski definition) is 7.